The second-order valence-electron chi connectivity index (χ2n) is 7.47. The van der Waals surface area contributed by atoms with Crippen LogP contribution in [-0.4, -0.2) is 33.3 Å². The average molecular weight is 466 g/mol. The van der Waals surface area contributed by atoms with Crippen molar-refractivity contribution in [3.8, 4) is 0 Å². The highest BCUT2D eigenvalue weighted by atomic mass is 32.2. The molecule has 3 aromatic rings. The number of hydrogen-bond acceptors (Lipinski definition) is 4. The number of aryl methyl sites for hydroxylation is 1. The molecule has 0 fully saturated rings. The van der Waals surface area contributed by atoms with Gasteiger partial charge >= 0.3 is 0 Å². The van der Waals surface area contributed by atoms with Crippen LogP contribution in [0.5, 0.6) is 0 Å². The minimum Gasteiger partial charge on any atom is -0.352 e. The SMILES string of the molecule is CCNS(=O)(=O)c1ccc(C)c(C(=O)Nc2ccccc2C(=O)NCCc2ccccc2)c1. The minimum absolute atomic E-state index is 0.00652. The molecule has 2 amide bonds. The van der Waals surface area contributed by atoms with Crippen LogP contribution in [0.4, 0.5) is 5.69 Å². The normalized spacial score (nSPS) is 11.1. The van der Waals surface area contributed by atoms with Gasteiger partial charge in [-0.3, -0.25) is 9.59 Å². The van der Waals surface area contributed by atoms with Gasteiger partial charge in [-0.25, -0.2) is 13.1 Å². The molecule has 3 rings (SSSR count). The van der Waals surface area contributed by atoms with E-state index >= 15 is 0 Å². The van der Waals surface area contributed by atoms with Gasteiger partial charge in [0.25, 0.3) is 11.8 Å². The van der Waals surface area contributed by atoms with E-state index in [0.717, 1.165) is 5.56 Å². The molecule has 0 unspecified atom stereocenters. The van der Waals surface area contributed by atoms with Crippen LogP contribution in [0, 0.1) is 6.92 Å². The maximum absolute atomic E-state index is 13.0. The second kappa shape index (κ2) is 10.9. The van der Waals surface area contributed by atoms with Crippen molar-refractivity contribution in [2.24, 2.45) is 0 Å². The lowest BCUT2D eigenvalue weighted by molar-refractivity contribution is 0.0955. The highest BCUT2D eigenvalue weighted by Crippen LogP contribution is 2.20. The van der Waals surface area contributed by atoms with E-state index in [1.807, 2.05) is 30.3 Å². The molecule has 0 heterocycles. The lowest BCUT2D eigenvalue weighted by Crippen LogP contribution is -2.27. The van der Waals surface area contributed by atoms with E-state index in [4.69, 9.17) is 0 Å². The third-order valence-electron chi connectivity index (χ3n) is 5.06. The summed E-state index contributed by atoms with van der Waals surface area (Å²) < 4.78 is 27.1. The Morgan fingerprint density at radius 3 is 2.27 bits per heavy atom. The summed E-state index contributed by atoms with van der Waals surface area (Å²) in [5.74, 6) is -0.799. The zero-order valence-corrected chi connectivity index (χ0v) is 19.4. The van der Waals surface area contributed by atoms with E-state index in [0.29, 0.717) is 29.8 Å². The highest BCUT2D eigenvalue weighted by Gasteiger charge is 2.19. The molecule has 0 radical (unpaired) electrons. The minimum atomic E-state index is -3.70. The quantitative estimate of drug-likeness (QED) is 0.450. The number of nitrogens with one attached hydrogen (secondary N) is 3. The van der Waals surface area contributed by atoms with Crippen LogP contribution in [0.2, 0.25) is 0 Å². The fourth-order valence-electron chi connectivity index (χ4n) is 3.33. The predicted octanol–water partition coefficient (Wildman–Crippen LogP) is 3.52. The summed E-state index contributed by atoms with van der Waals surface area (Å²) >= 11 is 0. The van der Waals surface area contributed by atoms with Gasteiger partial charge in [0.1, 0.15) is 0 Å². The molecule has 0 aliphatic rings. The Balaban J connectivity index is 1.75. The lowest BCUT2D eigenvalue weighted by atomic mass is 10.1. The van der Waals surface area contributed by atoms with Gasteiger partial charge in [0.05, 0.1) is 16.1 Å². The Hall–Kier alpha value is -3.49. The van der Waals surface area contributed by atoms with Gasteiger partial charge in [0.2, 0.25) is 10.0 Å². The number of para-hydroxylation sites is 1. The molecule has 3 N–H and O–H groups in total. The Morgan fingerprint density at radius 1 is 0.848 bits per heavy atom. The summed E-state index contributed by atoms with van der Waals surface area (Å²) in [6.45, 7) is 4.10. The molecule has 0 saturated heterocycles. The van der Waals surface area contributed by atoms with E-state index in [2.05, 4.69) is 15.4 Å². The Kier molecular flexibility index (Phi) is 7.97. The van der Waals surface area contributed by atoms with Gasteiger partial charge < -0.3 is 10.6 Å². The van der Waals surface area contributed by atoms with Gasteiger partial charge in [-0.15, -0.1) is 0 Å². The Morgan fingerprint density at radius 2 is 1.55 bits per heavy atom. The molecule has 0 aliphatic carbocycles. The molecule has 0 spiro atoms. The molecule has 8 heteroatoms. The molecular formula is C25H27N3O4S. The van der Waals surface area contributed by atoms with Crippen LogP contribution >= 0.6 is 0 Å². The third-order valence-corrected chi connectivity index (χ3v) is 6.60. The predicted molar refractivity (Wildman–Crippen MR) is 129 cm³/mol. The maximum Gasteiger partial charge on any atom is 0.255 e. The first-order valence-corrected chi connectivity index (χ1v) is 12.1. The van der Waals surface area contributed by atoms with Gasteiger partial charge in [-0.2, -0.15) is 0 Å². The van der Waals surface area contributed by atoms with Crippen molar-refractivity contribution in [2.45, 2.75) is 25.2 Å². The fraction of sp³-hybridized carbons (Fsp3) is 0.200. The van der Waals surface area contributed by atoms with Gasteiger partial charge in [-0.1, -0.05) is 55.5 Å². The van der Waals surface area contributed by atoms with E-state index in [-0.39, 0.29) is 22.9 Å². The molecule has 33 heavy (non-hydrogen) atoms. The molecule has 0 atom stereocenters. The van der Waals surface area contributed by atoms with Crippen molar-refractivity contribution in [3.05, 3.63) is 95.1 Å². The molecule has 172 valence electrons. The van der Waals surface area contributed by atoms with Crippen LogP contribution in [-0.2, 0) is 16.4 Å². The van der Waals surface area contributed by atoms with Crippen LogP contribution in [0.1, 0.15) is 38.8 Å². The molecular weight excluding hydrogens is 438 g/mol. The number of amides is 2. The summed E-state index contributed by atoms with van der Waals surface area (Å²) in [5, 5.41) is 5.63. The molecule has 0 aliphatic heterocycles. The molecule has 7 nitrogen and oxygen atoms in total. The summed E-state index contributed by atoms with van der Waals surface area (Å²) in [7, 11) is -3.70. The molecule has 0 aromatic heterocycles. The topological polar surface area (TPSA) is 104 Å². The van der Waals surface area contributed by atoms with Gasteiger partial charge in [-0.05, 0) is 48.7 Å². The van der Waals surface area contributed by atoms with Gasteiger partial charge in [0, 0.05) is 18.7 Å². The van der Waals surface area contributed by atoms with Crippen LogP contribution in [0.15, 0.2) is 77.7 Å². The van der Waals surface area contributed by atoms with Crippen molar-refractivity contribution in [1.82, 2.24) is 10.0 Å². The van der Waals surface area contributed by atoms with Gasteiger partial charge in [0.15, 0.2) is 0 Å². The molecule has 0 saturated carbocycles. The summed E-state index contributed by atoms with van der Waals surface area (Å²) in [4.78, 5) is 25.7. The standard InChI is InChI=1S/C25H27N3O4S/c1-3-27-33(31,32)20-14-13-18(2)22(17-20)25(30)28-23-12-8-7-11-21(23)24(29)26-16-15-19-9-5-4-6-10-19/h4-14,17,27H,3,15-16H2,1-2H3,(H,26,29)(H,28,30). The zero-order chi connectivity index (χ0) is 23.8. The Bertz CT molecular complexity index is 1240. The van der Waals surface area contributed by atoms with Crippen molar-refractivity contribution < 1.29 is 18.0 Å². The van der Waals surface area contributed by atoms with Crippen molar-refractivity contribution in [3.63, 3.8) is 0 Å². The lowest BCUT2D eigenvalue weighted by Gasteiger charge is -2.13. The number of hydrogen-bond donors (Lipinski definition) is 3. The number of anilines is 1. The van der Waals surface area contributed by atoms with Crippen molar-refractivity contribution in [2.75, 3.05) is 18.4 Å². The summed E-state index contributed by atoms with van der Waals surface area (Å²) in [6.07, 6.45) is 0.688. The largest absolute Gasteiger partial charge is 0.352 e. The first kappa shape index (κ1) is 24.2. The van der Waals surface area contributed by atoms with E-state index < -0.39 is 15.9 Å². The number of benzene rings is 3. The van der Waals surface area contributed by atoms with Crippen molar-refractivity contribution >= 4 is 27.5 Å². The number of carbonyl (C=O) groups is 2. The van der Waals surface area contributed by atoms with E-state index in [1.54, 1.807) is 44.2 Å². The second-order valence-corrected chi connectivity index (χ2v) is 9.24. The summed E-state index contributed by atoms with van der Waals surface area (Å²) in [6, 6.07) is 20.9. The smallest absolute Gasteiger partial charge is 0.255 e. The van der Waals surface area contributed by atoms with Crippen molar-refractivity contribution in [1.29, 1.82) is 0 Å². The number of sulfonamides is 1. The average Bonchev–Trinajstić information content (AvgIpc) is 2.80. The first-order valence-electron chi connectivity index (χ1n) is 10.6. The highest BCUT2D eigenvalue weighted by molar-refractivity contribution is 7.89. The van der Waals surface area contributed by atoms with Crippen LogP contribution in [0.3, 0.4) is 0 Å². The van der Waals surface area contributed by atoms with E-state index in [1.165, 1.54) is 12.1 Å². The third kappa shape index (κ3) is 6.27. The first-order chi connectivity index (χ1) is 15.8. The van der Waals surface area contributed by atoms with Crippen LogP contribution < -0.4 is 15.4 Å². The van der Waals surface area contributed by atoms with Crippen LogP contribution in [0.25, 0.3) is 0 Å². The monoisotopic (exact) mass is 465 g/mol. The molecule has 3 aromatic carbocycles. The zero-order valence-electron chi connectivity index (χ0n) is 18.6. The molecule has 0 bridgehead atoms. The Labute approximate surface area is 194 Å². The number of carbonyl (C=O) groups excluding carboxylic acids is 2. The fourth-order valence-corrected chi connectivity index (χ4v) is 4.39. The summed E-state index contributed by atoms with van der Waals surface area (Å²) in [5.41, 5.74) is 2.62. The maximum atomic E-state index is 13.0. The van der Waals surface area contributed by atoms with E-state index in [9.17, 15) is 18.0 Å². The number of rotatable bonds is 9.